The fourth-order valence-electron chi connectivity index (χ4n) is 5.27. The van der Waals surface area contributed by atoms with Gasteiger partial charge in [0.25, 0.3) is 0 Å². The number of benzene rings is 2. The average Bonchev–Trinajstić information content (AvgIpc) is 2.97. The molecule has 0 bridgehead atoms. The first-order chi connectivity index (χ1) is 22.1. The summed E-state index contributed by atoms with van der Waals surface area (Å²) in [7, 11) is 0. The van der Waals surface area contributed by atoms with Crippen LogP contribution >= 0.6 is 11.8 Å². The zero-order valence-electron chi connectivity index (χ0n) is 28.2. The maximum absolute atomic E-state index is 13.4. The molecule has 0 radical (unpaired) electrons. The predicted octanol–water partition coefficient (Wildman–Crippen LogP) is 9.06. The van der Waals surface area contributed by atoms with Crippen molar-refractivity contribution in [3.8, 4) is 11.5 Å². The lowest BCUT2D eigenvalue weighted by atomic mass is 9.86. The number of nitrogens with one attached hydrogen (secondary N) is 1. The molecule has 0 atom stereocenters. The summed E-state index contributed by atoms with van der Waals surface area (Å²) in [5.74, 6) is 0.169. The second kappa shape index (κ2) is 15.4. The molecule has 2 N–H and O–H groups in total. The summed E-state index contributed by atoms with van der Waals surface area (Å²) in [6.07, 6.45) is 2.19. The number of aryl methyl sites for hydroxylation is 1. The van der Waals surface area contributed by atoms with E-state index in [1.165, 1.54) is 11.8 Å². The number of para-hydroxylation sites is 1. The minimum Gasteiger partial charge on any atom is -0.489 e. The van der Waals surface area contributed by atoms with E-state index in [1.54, 1.807) is 17.0 Å². The van der Waals surface area contributed by atoms with E-state index < -0.39 is 12.2 Å². The lowest BCUT2D eigenvalue weighted by molar-refractivity contribution is -0.0502. The first kappa shape index (κ1) is 36.0. The number of carbonyl (C=O) groups excluding carboxylic acids is 1. The number of piperidine rings is 1. The summed E-state index contributed by atoms with van der Waals surface area (Å²) in [6, 6.07) is 11.0. The van der Waals surface area contributed by atoms with Crippen LogP contribution in [0.5, 0.6) is 11.5 Å². The Labute approximate surface area is 279 Å². The molecule has 10 nitrogen and oxygen atoms in total. The van der Waals surface area contributed by atoms with E-state index in [0.29, 0.717) is 30.2 Å². The van der Waals surface area contributed by atoms with Gasteiger partial charge in [-0.1, -0.05) is 26.0 Å². The number of nitrogens with zero attached hydrogens (tertiary/aromatic N) is 4. The Bertz CT molecular complexity index is 1530. The molecule has 0 saturated carbocycles. The molecular weight excluding hydrogens is 628 g/mol. The van der Waals surface area contributed by atoms with Crippen molar-refractivity contribution in [1.29, 1.82) is 0 Å². The molecule has 2 aromatic carbocycles. The molecule has 47 heavy (non-hydrogen) atoms. The molecule has 0 aliphatic carbocycles. The van der Waals surface area contributed by atoms with E-state index in [9.17, 15) is 18.8 Å². The van der Waals surface area contributed by atoms with Crippen LogP contribution in [0.25, 0.3) is 0 Å². The highest BCUT2D eigenvalue weighted by molar-refractivity contribution is 8.00. The molecule has 1 aliphatic rings. The number of hydrogen-bond donors (Lipinski definition) is 2. The predicted molar refractivity (Wildman–Crippen MR) is 180 cm³/mol. The molecule has 256 valence electrons. The van der Waals surface area contributed by atoms with Gasteiger partial charge < -0.3 is 24.4 Å². The molecule has 1 aromatic heterocycles. The van der Waals surface area contributed by atoms with Crippen LogP contribution in [0.4, 0.5) is 36.7 Å². The van der Waals surface area contributed by atoms with Gasteiger partial charge in [0, 0.05) is 23.2 Å². The van der Waals surface area contributed by atoms with Crippen LogP contribution in [-0.2, 0) is 4.74 Å². The SMILES string of the molecule is Cc1cc(Nc2ncc(OC(F)F)c(N(O)c3ccccc3SC(C)C)n2)c(OC(C)C)cc1C1CCN(C(=O)OC(C)(C)C)CC1. The van der Waals surface area contributed by atoms with E-state index in [2.05, 4.69) is 20.0 Å². The number of alkyl halides is 2. The number of carbonyl (C=O) groups is 1. The second-order valence-electron chi connectivity index (χ2n) is 12.9. The maximum Gasteiger partial charge on any atom is 0.410 e. The Hall–Kier alpha value is -3.84. The minimum absolute atomic E-state index is 0.0427. The number of rotatable bonds is 11. The summed E-state index contributed by atoms with van der Waals surface area (Å²) in [6.45, 7) is 13.5. The lowest BCUT2D eigenvalue weighted by Crippen LogP contribution is -2.41. The number of thioether (sulfide) groups is 1. The molecular formula is C34H45F2N5O5S. The normalized spacial score (nSPS) is 14.1. The van der Waals surface area contributed by atoms with Crippen molar-refractivity contribution in [2.75, 3.05) is 23.5 Å². The highest BCUT2D eigenvalue weighted by Gasteiger charge is 2.29. The van der Waals surface area contributed by atoms with Crippen LogP contribution in [0.15, 0.2) is 47.5 Å². The lowest BCUT2D eigenvalue weighted by Gasteiger charge is -2.34. The van der Waals surface area contributed by atoms with E-state index in [1.807, 2.05) is 79.7 Å². The fourth-order valence-corrected chi connectivity index (χ4v) is 6.21. The van der Waals surface area contributed by atoms with E-state index in [0.717, 1.165) is 40.1 Å². The van der Waals surface area contributed by atoms with Gasteiger partial charge in [0.2, 0.25) is 11.8 Å². The maximum atomic E-state index is 13.4. The summed E-state index contributed by atoms with van der Waals surface area (Å²) in [5.41, 5.74) is 2.49. The first-order valence-corrected chi connectivity index (χ1v) is 16.6. The number of anilines is 4. The Morgan fingerprint density at radius 2 is 1.77 bits per heavy atom. The summed E-state index contributed by atoms with van der Waals surface area (Å²) in [5, 5.41) is 15.4. The van der Waals surface area contributed by atoms with Gasteiger partial charge in [-0.2, -0.15) is 13.8 Å². The van der Waals surface area contributed by atoms with Crippen molar-refractivity contribution in [3.05, 3.63) is 53.7 Å². The van der Waals surface area contributed by atoms with Gasteiger partial charge in [-0.3, -0.25) is 5.21 Å². The summed E-state index contributed by atoms with van der Waals surface area (Å²) >= 11 is 1.51. The Balaban J connectivity index is 1.63. The molecule has 13 heteroatoms. The van der Waals surface area contributed by atoms with Gasteiger partial charge in [0.1, 0.15) is 11.4 Å². The van der Waals surface area contributed by atoms with Crippen LogP contribution in [0.3, 0.4) is 0 Å². The second-order valence-corrected chi connectivity index (χ2v) is 14.6. The zero-order valence-corrected chi connectivity index (χ0v) is 29.0. The smallest absolute Gasteiger partial charge is 0.410 e. The molecule has 4 rings (SSSR count). The number of likely N-dealkylation sites (tertiary alicyclic amines) is 1. The molecule has 0 unspecified atom stereocenters. The molecule has 1 aliphatic heterocycles. The van der Waals surface area contributed by atoms with Crippen molar-refractivity contribution >= 4 is 41.0 Å². The molecule has 1 fully saturated rings. The average molecular weight is 674 g/mol. The van der Waals surface area contributed by atoms with Crippen LogP contribution in [0, 0.1) is 6.92 Å². The van der Waals surface area contributed by atoms with Crippen molar-refractivity contribution in [3.63, 3.8) is 0 Å². The van der Waals surface area contributed by atoms with Crippen molar-refractivity contribution in [2.24, 2.45) is 0 Å². The fraction of sp³-hybridized carbons (Fsp3) is 0.500. The Kier molecular flexibility index (Phi) is 11.8. The van der Waals surface area contributed by atoms with Gasteiger partial charge in [0.15, 0.2) is 5.75 Å². The van der Waals surface area contributed by atoms with Gasteiger partial charge >= 0.3 is 12.7 Å². The van der Waals surface area contributed by atoms with E-state index >= 15 is 0 Å². The quantitative estimate of drug-likeness (QED) is 0.151. The van der Waals surface area contributed by atoms with Gasteiger partial charge in [-0.15, -0.1) is 11.8 Å². The number of hydrogen-bond acceptors (Lipinski definition) is 10. The van der Waals surface area contributed by atoms with Gasteiger partial charge in [-0.25, -0.2) is 14.8 Å². The van der Waals surface area contributed by atoms with Crippen LogP contribution in [0.1, 0.15) is 78.4 Å². The van der Waals surface area contributed by atoms with Crippen LogP contribution < -0.4 is 19.9 Å². The molecule has 2 heterocycles. The Morgan fingerprint density at radius 3 is 2.38 bits per heavy atom. The van der Waals surface area contributed by atoms with Crippen LogP contribution in [-0.4, -0.2) is 62.8 Å². The van der Waals surface area contributed by atoms with Crippen molar-refractivity contribution < 1.29 is 33.0 Å². The van der Waals surface area contributed by atoms with Gasteiger partial charge in [0.05, 0.1) is 23.7 Å². The van der Waals surface area contributed by atoms with Gasteiger partial charge in [-0.05, 0) is 95.7 Å². The van der Waals surface area contributed by atoms with Crippen molar-refractivity contribution in [2.45, 2.75) is 103 Å². The van der Waals surface area contributed by atoms with Crippen molar-refractivity contribution in [1.82, 2.24) is 14.9 Å². The number of amides is 1. The summed E-state index contributed by atoms with van der Waals surface area (Å²) < 4.78 is 43.2. The minimum atomic E-state index is -3.15. The molecule has 0 spiro atoms. The van der Waals surface area contributed by atoms with E-state index in [4.69, 9.17) is 9.47 Å². The molecule has 1 saturated heterocycles. The largest absolute Gasteiger partial charge is 0.489 e. The highest BCUT2D eigenvalue weighted by atomic mass is 32.2. The number of ether oxygens (including phenoxy) is 3. The summed E-state index contributed by atoms with van der Waals surface area (Å²) in [4.78, 5) is 23.7. The number of halogens is 2. The topological polar surface area (TPSA) is 109 Å². The molecule has 3 aromatic rings. The number of aromatic nitrogens is 2. The third-order valence-corrected chi connectivity index (χ3v) is 8.24. The third kappa shape index (κ3) is 9.83. The third-order valence-electron chi connectivity index (χ3n) is 7.17. The standard InChI is InChI=1S/C34H45F2N5O5S/c1-20(2)44-27-18-24(23-13-15-40(16-14-23)33(42)46-34(6,7)8)22(5)17-25(27)38-32-37-19-28(45-31(35)36)30(39-32)41(43)26-11-9-10-12-29(26)47-21(3)4/h9-12,17-21,23,31,43H,13-16H2,1-8H3,(H,37,38,39). The highest BCUT2D eigenvalue weighted by Crippen LogP contribution is 2.41. The van der Waals surface area contributed by atoms with E-state index in [-0.39, 0.29) is 40.9 Å². The van der Waals surface area contributed by atoms with Crippen LogP contribution in [0.2, 0.25) is 0 Å². The molecule has 1 amide bonds. The Morgan fingerprint density at radius 1 is 1.09 bits per heavy atom. The monoisotopic (exact) mass is 673 g/mol. The first-order valence-electron chi connectivity index (χ1n) is 15.7. The zero-order chi connectivity index (χ0) is 34.5.